The molecule has 7 heteroatoms. The quantitative estimate of drug-likeness (QED) is 0.460. The number of hydrogen-bond acceptors (Lipinski definition) is 4. The lowest BCUT2D eigenvalue weighted by Gasteiger charge is -2.47. The number of rotatable bonds is 6. The molecule has 160 valence electrons. The Hall–Kier alpha value is -2.24. The van der Waals surface area contributed by atoms with Crippen LogP contribution in [-0.2, 0) is 4.79 Å². The number of amides is 1. The van der Waals surface area contributed by atoms with Gasteiger partial charge in [-0.1, -0.05) is 36.2 Å². The Balaban J connectivity index is 1.61. The SMILES string of the molecule is CCN1c2ccc(/C=N\NC(=O)COc3ccc(Cl)cc3Cl)cc2C(C)CC1(C)C. The van der Waals surface area contributed by atoms with E-state index in [-0.39, 0.29) is 18.1 Å². The third-order valence-electron chi connectivity index (χ3n) is 5.38. The molecule has 1 N–H and O–H groups in total. The summed E-state index contributed by atoms with van der Waals surface area (Å²) in [6, 6.07) is 11.2. The van der Waals surface area contributed by atoms with Gasteiger partial charge in [0.05, 0.1) is 11.2 Å². The molecule has 0 spiro atoms. The summed E-state index contributed by atoms with van der Waals surface area (Å²) >= 11 is 11.9. The number of benzene rings is 2. The Morgan fingerprint density at radius 2 is 2.07 bits per heavy atom. The molecule has 0 bridgehead atoms. The first-order valence-electron chi connectivity index (χ1n) is 10.0. The monoisotopic (exact) mass is 447 g/mol. The van der Waals surface area contributed by atoms with Gasteiger partial charge in [0.25, 0.3) is 5.91 Å². The number of halogens is 2. The van der Waals surface area contributed by atoms with E-state index >= 15 is 0 Å². The molecular formula is C23H27Cl2N3O2. The van der Waals surface area contributed by atoms with E-state index in [9.17, 15) is 4.79 Å². The van der Waals surface area contributed by atoms with Gasteiger partial charge >= 0.3 is 0 Å². The van der Waals surface area contributed by atoms with Crippen molar-refractivity contribution in [2.75, 3.05) is 18.1 Å². The highest BCUT2D eigenvalue weighted by Crippen LogP contribution is 2.43. The van der Waals surface area contributed by atoms with Gasteiger partial charge in [0.2, 0.25) is 0 Å². The van der Waals surface area contributed by atoms with E-state index in [0.29, 0.717) is 21.7 Å². The number of fused-ring (bicyclic) bond motifs is 1. The predicted molar refractivity (Wildman–Crippen MR) is 124 cm³/mol. The molecule has 1 heterocycles. The highest BCUT2D eigenvalue weighted by atomic mass is 35.5. The van der Waals surface area contributed by atoms with E-state index < -0.39 is 0 Å². The van der Waals surface area contributed by atoms with Crippen molar-refractivity contribution in [1.82, 2.24) is 5.43 Å². The van der Waals surface area contributed by atoms with E-state index in [1.165, 1.54) is 11.3 Å². The molecular weight excluding hydrogens is 421 g/mol. The lowest BCUT2D eigenvalue weighted by molar-refractivity contribution is -0.123. The standard InChI is InChI=1S/C23H27Cl2N3O2/c1-5-28-20-8-6-16(10-18(20)15(2)12-23(28,3)4)13-26-27-22(29)14-30-21-9-7-17(24)11-19(21)25/h6-11,13,15H,5,12,14H2,1-4H3,(H,27,29)/b26-13-. The number of carbonyl (C=O) groups is 1. The van der Waals surface area contributed by atoms with Gasteiger partial charge in [-0.05, 0) is 74.6 Å². The molecule has 1 aliphatic heterocycles. The summed E-state index contributed by atoms with van der Waals surface area (Å²) in [7, 11) is 0. The van der Waals surface area contributed by atoms with Crippen molar-refractivity contribution in [2.45, 2.75) is 45.6 Å². The van der Waals surface area contributed by atoms with Crippen molar-refractivity contribution in [3.63, 3.8) is 0 Å². The number of hydrazone groups is 1. The van der Waals surface area contributed by atoms with E-state index in [0.717, 1.165) is 18.5 Å². The van der Waals surface area contributed by atoms with Crippen LogP contribution in [0.4, 0.5) is 5.69 Å². The highest BCUT2D eigenvalue weighted by Gasteiger charge is 2.35. The average Bonchev–Trinajstić information content (AvgIpc) is 2.67. The summed E-state index contributed by atoms with van der Waals surface area (Å²) in [6.45, 7) is 9.80. The van der Waals surface area contributed by atoms with E-state index in [1.54, 1.807) is 24.4 Å². The summed E-state index contributed by atoms with van der Waals surface area (Å²) in [4.78, 5) is 14.4. The second-order valence-corrected chi connectivity index (χ2v) is 8.98. The minimum Gasteiger partial charge on any atom is -0.482 e. The molecule has 0 fully saturated rings. The van der Waals surface area contributed by atoms with Crippen molar-refractivity contribution >= 4 is 41.0 Å². The van der Waals surface area contributed by atoms with Gasteiger partial charge in [0.1, 0.15) is 5.75 Å². The molecule has 1 atom stereocenters. The zero-order valence-electron chi connectivity index (χ0n) is 17.7. The van der Waals surface area contributed by atoms with Gasteiger partial charge in [0.15, 0.2) is 6.61 Å². The van der Waals surface area contributed by atoms with Crippen LogP contribution in [0.3, 0.4) is 0 Å². The fraction of sp³-hybridized carbons (Fsp3) is 0.391. The Morgan fingerprint density at radius 1 is 1.30 bits per heavy atom. The van der Waals surface area contributed by atoms with Gasteiger partial charge < -0.3 is 9.64 Å². The minimum atomic E-state index is -0.373. The van der Waals surface area contributed by atoms with Crippen molar-refractivity contribution in [3.8, 4) is 5.75 Å². The summed E-state index contributed by atoms with van der Waals surface area (Å²) in [5.41, 5.74) is 6.15. The lowest BCUT2D eigenvalue weighted by atomic mass is 9.79. The predicted octanol–water partition coefficient (Wildman–Crippen LogP) is 5.63. The van der Waals surface area contributed by atoms with Crippen LogP contribution in [0, 0.1) is 0 Å². The number of nitrogens with zero attached hydrogens (tertiary/aromatic N) is 2. The summed E-state index contributed by atoms with van der Waals surface area (Å²) < 4.78 is 5.41. The third-order valence-corrected chi connectivity index (χ3v) is 5.91. The Labute approximate surface area is 188 Å². The summed E-state index contributed by atoms with van der Waals surface area (Å²) in [6.07, 6.45) is 2.74. The number of anilines is 1. The van der Waals surface area contributed by atoms with Crippen molar-refractivity contribution < 1.29 is 9.53 Å². The first kappa shape index (κ1) is 22.4. The van der Waals surface area contributed by atoms with Gasteiger partial charge in [0, 0.05) is 22.8 Å². The molecule has 0 saturated heterocycles. The number of nitrogens with one attached hydrogen (secondary N) is 1. The molecule has 0 saturated carbocycles. The van der Waals surface area contributed by atoms with Gasteiger partial charge in [-0.25, -0.2) is 5.43 Å². The zero-order chi connectivity index (χ0) is 21.9. The normalized spacial score (nSPS) is 17.7. The van der Waals surface area contributed by atoms with Gasteiger partial charge in [-0.2, -0.15) is 5.10 Å². The van der Waals surface area contributed by atoms with E-state index in [1.807, 2.05) is 6.07 Å². The molecule has 3 rings (SSSR count). The summed E-state index contributed by atoms with van der Waals surface area (Å²) in [5, 5.41) is 4.92. The largest absolute Gasteiger partial charge is 0.482 e. The van der Waals surface area contributed by atoms with Crippen molar-refractivity contribution in [1.29, 1.82) is 0 Å². The Kier molecular flexibility index (Phi) is 6.94. The van der Waals surface area contributed by atoms with Gasteiger partial charge in [-0.15, -0.1) is 0 Å². The van der Waals surface area contributed by atoms with Gasteiger partial charge in [-0.3, -0.25) is 4.79 Å². The van der Waals surface area contributed by atoms with Crippen LogP contribution in [-0.4, -0.2) is 30.8 Å². The second kappa shape index (κ2) is 9.27. The maximum atomic E-state index is 12.0. The van der Waals surface area contributed by atoms with Crippen LogP contribution in [0.5, 0.6) is 5.75 Å². The molecule has 0 aromatic heterocycles. The lowest BCUT2D eigenvalue weighted by Crippen LogP contribution is -2.48. The first-order valence-corrected chi connectivity index (χ1v) is 10.8. The second-order valence-electron chi connectivity index (χ2n) is 8.14. The molecule has 5 nitrogen and oxygen atoms in total. The van der Waals surface area contributed by atoms with Crippen LogP contribution >= 0.6 is 23.2 Å². The Bertz CT molecular complexity index is 959. The van der Waals surface area contributed by atoms with Crippen LogP contribution in [0.25, 0.3) is 0 Å². The molecule has 0 radical (unpaired) electrons. The molecule has 2 aromatic carbocycles. The zero-order valence-corrected chi connectivity index (χ0v) is 19.2. The highest BCUT2D eigenvalue weighted by molar-refractivity contribution is 6.35. The van der Waals surface area contributed by atoms with E-state index in [2.05, 4.69) is 55.3 Å². The van der Waals surface area contributed by atoms with Crippen molar-refractivity contribution in [3.05, 3.63) is 57.6 Å². The molecule has 0 aliphatic carbocycles. The van der Waals surface area contributed by atoms with Crippen molar-refractivity contribution in [2.24, 2.45) is 5.10 Å². The maximum Gasteiger partial charge on any atom is 0.277 e. The fourth-order valence-corrected chi connectivity index (χ4v) is 4.60. The summed E-state index contributed by atoms with van der Waals surface area (Å²) in [5.74, 6) is 0.480. The van der Waals surface area contributed by atoms with Crippen LogP contribution in [0.2, 0.25) is 10.0 Å². The van der Waals surface area contributed by atoms with Crippen LogP contribution in [0.15, 0.2) is 41.5 Å². The molecule has 2 aromatic rings. The Morgan fingerprint density at radius 3 is 2.77 bits per heavy atom. The number of hydrogen-bond donors (Lipinski definition) is 1. The molecule has 1 amide bonds. The average molecular weight is 448 g/mol. The molecule has 1 unspecified atom stereocenters. The molecule has 1 aliphatic rings. The fourth-order valence-electron chi connectivity index (χ4n) is 4.13. The van der Waals surface area contributed by atoms with Crippen LogP contribution < -0.4 is 15.1 Å². The topological polar surface area (TPSA) is 53.9 Å². The number of ether oxygens (including phenoxy) is 1. The number of carbonyl (C=O) groups excluding carboxylic acids is 1. The molecule has 30 heavy (non-hydrogen) atoms. The first-order chi connectivity index (χ1) is 14.2. The van der Waals surface area contributed by atoms with E-state index in [4.69, 9.17) is 27.9 Å². The maximum absolute atomic E-state index is 12.0. The third kappa shape index (κ3) is 5.08. The van der Waals surface area contributed by atoms with Crippen LogP contribution in [0.1, 0.15) is 51.2 Å². The smallest absolute Gasteiger partial charge is 0.277 e. The minimum absolute atomic E-state index is 0.137.